The fourth-order valence-electron chi connectivity index (χ4n) is 2.13. The molecule has 0 atom stereocenters. The van der Waals surface area contributed by atoms with Gasteiger partial charge in [-0.05, 0) is 54.9 Å². The lowest BCUT2D eigenvalue weighted by Gasteiger charge is -2.13. The molecule has 5 heteroatoms. The van der Waals surface area contributed by atoms with Gasteiger partial charge in [-0.3, -0.25) is 4.79 Å². The zero-order valence-electron chi connectivity index (χ0n) is 13.5. The number of anilines is 2. The number of carbonyl (C=O) groups is 1. The highest BCUT2D eigenvalue weighted by Gasteiger charge is 2.02. The Morgan fingerprint density at radius 1 is 1.04 bits per heavy atom. The zero-order chi connectivity index (χ0) is 16.7. The molecule has 23 heavy (non-hydrogen) atoms. The van der Waals surface area contributed by atoms with Crippen molar-refractivity contribution >= 4 is 28.9 Å². The molecule has 0 heterocycles. The van der Waals surface area contributed by atoms with Gasteiger partial charge in [-0.15, -0.1) is 0 Å². The molecule has 0 saturated heterocycles. The summed E-state index contributed by atoms with van der Waals surface area (Å²) in [6.07, 6.45) is 0.863. The van der Waals surface area contributed by atoms with E-state index in [1.807, 2.05) is 67.5 Å². The Bertz CT molecular complexity index is 624. The smallest absolute Gasteiger partial charge is 0.238 e. The minimum Gasteiger partial charge on any atom is -0.378 e. The fraction of sp³-hybridized carbons (Fsp3) is 0.278. The minimum absolute atomic E-state index is 0.0429. The van der Waals surface area contributed by atoms with E-state index >= 15 is 0 Å². The molecule has 122 valence electrons. The van der Waals surface area contributed by atoms with Crippen molar-refractivity contribution in [1.82, 2.24) is 5.32 Å². The van der Waals surface area contributed by atoms with Crippen LogP contribution < -0.4 is 15.5 Å². The van der Waals surface area contributed by atoms with Crippen molar-refractivity contribution in [3.63, 3.8) is 0 Å². The molecule has 0 fully saturated rings. The molecule has 0 aliphatic rings. The monoisotopic (exact) mass is 331 g/mol. The standard InChI is InChI=1S/C18H22ClN3O/c1-22(2)17-9-7-16(8-10-17)21-18(23)13-20-12-11-14-3-5-15(19)6-4-14/h3-10,20H,11-13H2,1-2H3,(H,21,23). The van der Waals surface area contributed by atoms with Gasteiger partial charge in [-0.1, -0.05) is 23.7 Å². The van der Waals surface area contributed by atoms with Crippen LogP contribution in [0.15, 0.2) is 48.5 Å². The third-order valence-corrected chi connectivity index (χ3v) is 3.71. The molecule has 0 spiro atoms. The number of hydrogen-bond donors (Lipinski definition) is 2. The molecule has 2 aromatic rings. The second-order valence-corrected chi connectivity index (χ2v) is 5.98. The molecule has 0 unspecified atom stereocenters. The van der Waals surface area contributed by atoms with Crippen LogP contribution >= 0.6 is 11.6 Å². The average Bonchev–Trinajstić information content (AvgIpc) is 2.54. The van der Waals surface area contributed by atoms with Crippen LogP contribution in [0.25, 0.3) is 0 Å². The summed E-state index contributed by atoms with van der Waals surface area (Å²) >= 11 is 5.85. The average molecular weight is 332 g/mol. The maximum atomic E-state index is 11.9. The highest BCUT2D eigenvalue weighted by atomic mass is 35.5. The zero-order valence-corrected chi connectivity index (χ0v) is 14.2. The van der Waals surface area contributed by atoms with E-state index in [-0.39, 0.29) is 5.91 Å². The van der Waals surface area contributed by atoms with Crippen molar-refractivity contribution in [3.05, 3.63) is 59.1 Å². The van der Waals surface area contributed by atoms with Crippen LogP contribution in [0.5, 0.6) is 0 Å². The van der Waals surface area contributed by atoms with E-state index < -0.39 is 0 Å². The van der Waals surface area contributed by atoms with Crippen molar-refractivity contribution in [2.24, 2.45) is 0 Å². The number of halogens is 1. The summed E-state index contributed by atoms with van der Waals surface area (Å²) < 4.78 is 0. The van der Waals surface area contributed by atoms with E-state index in [0.717, 1.165) is 29.4 Å². The third kappa shape index (κ3) is 5.93. The number of nitrogens with zero attached hydrogens (tertiary/aromatic N) is 1. The van der Waals surface area contributed by atoms with Crippen LogP contribution in [-0.2, 0) is 11.2 Å². The summed E-state index contributed by atoms with van der Waals surface area (Å²) in [7, 11) is 3.97. The molecule has 0 aromatic heterocycles. The van der Waals surface area contributed by atoms with Crippen LogP contribution in [-0.4, -0.2) is 33.1 Å². The lowest BCUT2D eigenvalue weighted by molar-refractivity contribution is -0.115. The number of hydrogen-bond acceptors (Lipinski definition) is 3. The van der Waals surface area contributed by atoms with Crippen LogP contribution in [0.3, 0.4) is 0 Å². The second kappa shape index (κ2) is 8.56. The molecule has 1 amide bonds. The predicted molar refractivity (Wildman–Crippen MR) is 97.4 cm³/mol. The molecule has 0 bridgehead atoms. The summed E-state index contributed by atoms with van der Waals surface area (Å²) in [5.41, 5.74) is 3.10. The van der Waals surface area contributed by atoms with E-state index in [9.17, 15) is 4.79 Å². The van der Waals surface area contributed by atoms with Gasteiger partial charge in [0.15, 0.2) is 0 Å². The normalized spacial score (nSPS) is 10.4. The molecule has 0 aliphatic heterocycles. The number of nitrogens with one attached hydrogen (secondary N) is 2. The summed E-state index contributed by atoms with van der Waals surface area (Å²) in [5.74, 6) is -0.0429. The van der Waals surface area contributed by atoms with E-state index in [1.165, 1.54) is 5.56 Å². The van der Waals surface area contributed by atoms with Crippen molar-refractivity contribution in [2.75, 3.05) is 37.4 Å². The van der Waals surface area contributed by atoms with Gasteiger partial charge in [0.2, 0.25) is 5.91 Å². The van der Waals surface area contributed by atoms with Gasteiger partial charge in [0.1, 0.15) is 0 Å². The lowest BCUT2D eigenvalue weighted by Crippen LogP contribution is -2.29. The van der Waals surface area contributed by atoms with Crippen LogP contribution in [0.2, 0.25) is 5.02 Å². The van der Waals surface area contributed by atoms with Gasteiger partial charge in [0.25, 0.3) is 0 Å². The van der Waals surface area contributed by atoms with Crippen molar-refractivity contribution in [1.29, 1.82) is 0 Å². The first-order valence-corrected chi connectivity index (χ1v) is 7.95. The Labute approximate surface area is 142 Å². The topological polar surface area (TPSA) is 44.4 Å². The van der Waals surface area contributed by atoms with Crippen LogP contribution in [0, 0.1) is 0 Å². The molecule has 0 aliphatic carbocycles. The summed E-state index contributed by atoms with van der Waals surface area (Å²) in [6.45, 7) is 1.04. The minimum atomic E-state index is -0.0429. The number of carbonyl (C=O) groups excluding carboxylic acids is 1. The molecule has 2 rings (SSSR count). The largest absolute Gasteiger partial charge is 0.378 e. The van der Waals surface area contributed by atoms with Crippen molar-refractivity contribution in [2.45, 2.75) is 6.42 Å². The van der Waals surface area contributed by atoms with Crippen molar-refractivity contribution < 1.29 is 4.79 Å². The molecular formula is C18H22ClN3O. The van der Waals surface area contributed by atoms with Crippen molar-refractivity contribution in [3.8, 4) is 0 Å². The summed E-state index contributed by atoms with van der Waals surface area (Å²) in [4.78, 5) is 13.9. The highest BCUT2D eigenvalue weighted by Crippen LogP contribution is 2.15. The van der Waals surface area contributed by atoms with E-state index in [4.69, 9.17) is 11.6 Å². The molecular weight excluding hydrogens is 310 g/mol. The summed E-state index contributed by atoms with van der Waals surface area (Å²) in [6, 6.07) is 15.5. The molecule has 2 aromatic carbocycles. The molecule has 0 saturated carbocycles. The fourth-order valence-corrected chi connectivity index (χ4v) is 2.26. The SMILES string of the molecule is CN(C)c1ccc(NC(=O)CNCCc2ccc(Cl)cc2)cc1. The number of rotatable bonds is 7. The second-order valence-electron chi connectivity index (χ2n) is 5.54. The van der Waals surface area contributed by atoms with Gasteiger partial charge in [0, 0.05) is 30.5 Å². The third-order valence-electron chi connectivity index (χ3n) is 3.46. The molecule has 2 N–H and O–H groups in total. The van der Waals surface area contributed by atoms with Gasteiger partial charge in [0.05, 0.1) is 6.54 Å². The van der Waals surface area contributed by atoms with Gasteiger partial charge >= 0.3 is 0 Å². The Kier molecular flexibility index (Phi) is 6.44. The Hall–Kier alpha value is -2.04. The van der Waals surface area contributed by atoms with E-state index in [2.05, 4.69) is 10.6 Å². The quantitative estimate of drug-likeness (QED) is 0.766. The highest BCUT2D eigenvalue weighted by molar-refractivity contribution is 6.30. The van der Waals surface area contributed by atoms with E-state index in [1.54, 1.807) is 0 Å². The maximum absolute atomic E-state index is 11.9. The first-order valence-electron chi connectivity index (χ1n) is 7.57. The number of benzene rings is 2. The Morgan fingerprint density at radius 3 is 2.30 bits per heavy atom. The molecule has 4 nitrogen and oxygen atoms in total. The Morgan fingerprint density at radius 2 is 1.70 bits per heavy atom. The number of amides is 1. The van der Waals surface area contributed by atoms with Crippen LogP contribution in [0.1, 0.15) is 5.56 Å². The van der Waals surface area contributed by atoms with Crippen LogP contribution in [0.4, 0.5) is 11.4 Å². The summed E-state index contributed by atoms with van der Waals surface area (Å²) in [5, 5.41) is 6.76. The first-order chi connectivity index (χ1) is 11.0. The van der Waals surface area contributed by atoms with Gasteiger partial charge in [-0.2, -0.15) is 0 Å². The lowest BCUT2D eigenvalue weighted by atomic mass is 10.1. The maximum Gasteiger partial charge on any atom is 0.238 e. The van der Waals surface area contributed by atoms with E-state index in [0.29, 0.717) is 6.54 Å². The van der Waals surface area contributed by atoms with Gasteiger partial charge in [-0.25, -0.2) is 0 Å². The first kappa shape index (κ1) is 17.3. The predicted octanol–water partition coefficient (Wildman–Crippen LogP) is 3.18. The van der Waals surface area contributed by atoms with Gasteiger partial charge < -0.3 is 15.5 Å². The Balaban J connectivity index is 1.69. The molecule has 0 radical (unpaired) electrons.